The summed E-state index contributed by atoms with van der Waals surface area (Å²) in [4.78, 5) is 2.42. The summed E-state index contributed by atoms with van der Waals surface area (Å²) in [5.41, 5.74) is 1.74. The number of aromatic nitrogens is 2. The topological polar surface area (TPSA) is 41.0 Å². The highest BCUT2D eigenvalue weighted by molar-refractivity contribution is 6.00. The van der Waals surface area contributed by atoms with Crippen molar-refractivity contribution in [1.82, 2.24) is 15.1 Å². The van der Waals surface area contributed by atoms with E-state index in [4.69, 9.17) is 0 Å². The Bertz CT molecular complexity index is 1010. The third-order valence-electron chi connectivity index (χ3n) is 5.68. The van der Waals surface area contributed by atoms with Crippen LogP contribution in [0.2, 0.25) is 0 Å². The number of fused-ring (bicyclic) bond motifs is 1. The molecule has 0 spiro atoms. The maximum atomic E-state index is 13.7. The predicted molar refractivity (Wildman–Crippen MR) is 113 cm³/mol. The number of nitrogens with one attached hydrogen (secondary N) is 1. The Labute approximate surface area is 169 Å². The predicted octanol–water partition coefficient (Wildman–Crippen LogP) is 5.44. The molecule has 4 rings (SSSR count). The zero-order valence-corrected chi connectivity index (χ0v) is 16.8. The Morgan fingerprint density at radius 3 is 2.69 bits per heavy atom. The van der Waals surface area contributed by atoms with Gasteiger partial charge in [-0.3, -0.25) is 0 Å². The van der Waals surface area contributed by atoms with Crippen molar-refractivity contribution in [2.75, 3.05) is 25.0 Å². The molecule has 29 heavy (non-hydrogen) atoms. The molecule has 2 heterocycles. The minimum absolute atomic E-state index is 0.00368. The number of anilines is 1. The van der Waals surface area contributed by atoms with Gasteiger partial charge in [-0.2, -0.15) is 0 Å². The minimum Gasteiger partial charge on any atom is -0.364 e. The Hall–Kier alpha value is -2.60. The van der Waals surface area contributed by atoms with Gasteiger partial charge >= 0.3 is 0 Å². The van der Waals surface area contributed by atoms with Gasteiger partial charge in [-0.15, -0.1) is 10.2 Å². The highest BCUT2D eigenvalue weighted by Crippen LogP contribution is 2.36. The number of halogens is 2. The molecule has 0 saturated carbocycles. The molecule has 0 amide bonds. The molecule has 2 aromatic carbocycles. The standard InChI is InChI=1S/C23H26F2N4/c1-3-29-12-6-7-16(14-29)26-23-19-9-5-4-8-17(19)21(27-28-23)18-11-10-15(2)13-20(18)22(24)25/h4-5,8-11,13,16,22H,3,6-7,12,14H2,1-2H3,(H,26,28)/t16-/m1/s1. The fourth-order valence-electron chi connectivity index (χ4n) is 4.14. The van der Waals surface area contributed by atoms with Gasteiger partial charge in [-0.1, -0.05) is 48.9 Å². The molecule has 1 aromatic heterocycles. The van der Waals surface area contributed by atoms with E-state index < -0.39 is 6.43 Å². The van der Waals surface area contributed by atoms with E-state index in [9.17, 15) is 8.78 Å². The molecule has 0 bridgehead atoms. The van der Waals surface area contributed by atoms with E-state index in [0.717, 1.165) is 54.6 Å². The maximum absolute atomic E-state index is 13.7. The molecule has 0 unspecified atom stereocenters. The second-order valence-electron chi connectivity index (χ2n) is 7.71. The molecule has 1 saturated heterocycles. The lowest BCUT2D eigenvalue weighted by Gasteiger charge is -2.32. The lowest BCUT2D eigenvalue weighted by atomic mass is 9.98. The van der Waals surface area contributed by atoms with Crippen molar-refractivity contribution in [2.24, 2.45) is 0 Å². The van der Waals surface area contributed by atoms with Gasteiger partial charge in [0, 0.05) is 34.5 Å². The summed E-state index contributed by atoms with van der Waals surface area (Å²) < 4.78 is 27.4. The van der Waals surface area contributed by atoms with Crippen LogP contribution in [0.15, 0.2) is 42.5 Å². The first-order valence-corrected chi connectivity index (χ1v) is 10.2. The molecular weight excluding hydrogens is 370 g/mol. The first-order chi connectivity index (χ1) is 14.1. The van der Waals surface area contributed by atoms with E-state index in [0.29, 0.717) is 17.3 Å². The first kappa shape index (κ1) is 19.7. The van der Waals surface area contributed by atoms with E-state index >= 15 is 0 Å². The van der Waals surface area contributed by atoms with Gasteiger partial charge in [0.25, 0.3) is 6.43 Å². The zero-order chi connectivity index (χ0) is 20.4. The Morgan fingerprint density at radius 1 is 1.14 bits per heavy atom. The summed E-state index contributed by atoms with van der Waals surface area (Å²) in [6, 6.07) is 13.2. The van der Waals surface area contributed by atoms with Crippen LogP contribution in [-0.4, -0.2) is 40.8 Å². The zero-order valence-electron chi connectivity index (χ0n) is 16.8. The number of piperidine rings is 1. The second kappa shape index (κ2) is 8.41. The Morgan fingerprint density at radius 2 is 1.93 bits per heavy atom. The third-order valence-corrected chi connectivity index (χ3v) is 5.68. The molecule has 1 fully saturated rings. The molecule has 4 nitrogen and oxygen atoms in total. The summed E-state index contributed by atoms with van der Waals surface area (Å²) in [6.45, 7) is 7.13. The lowest BCUT2D eigenvalue weighted by molar-refractivity contribution is 0.152. The summed E-state index contributed by atoms with van der Waals surface area (Å²) >= 11 is 0. The van der Waals surface area contributed by atoms with Gasteiger partial charge in [-0.05, 0) is 38.9 Å². The number of hydrogen-bond donors (Lipinski definition) is 1. The first-order valence-electron chi connectivity index (χ1n) is 10.2. The number of hydrogen-bond acceptors (Lipinski definition) is 4. The molecule has 0 radical (unpaired) electrons. The second-order valence-corrected chi connectivity index (χ2v) is 7.71. The normalized spacial score (nSPS) is 17.8. The van der Waals surface area contributed by atoms with Crippen LogP contribution in [0, 0.1) is 6.92 Å². The van der Waals surface area contributed by atoms with Gasteiger partial charge in [0.15, 0.2) is 5.82 Å². The van der Waals surface area contributed by atoms with E-state index in [-0.39, 0.29) is 5.56 Å². The molecule has 1 aliphatic rings. The maximum Gasteiger partial charge on any atom is 0.264 e. The van der Waals surface area contributed by atoms with Gasteiger partial charge < -0.3 is 10.2 Å². The summed E-state index contributed by atoms with van der Waals surface area (Å²) in [6.07, 6.45) is -0.330. The monoisotopic (exact) mass is 396 g/mol. The van der Waals surface area contributed by atoms with Crippen molar-refractivity contribution in [3.05, 3.63) is 53.6 Å². The molecule has 6 heteroatoms. The molecule has 3 aromatic rings. The van der Waals surface area contributed by atoms with Crippen molar-refractivity contribution < 1.29 is 8.78 Å². The van der Waals surface area contributed by atoms with Crippen LogP contribution < -0.4 is 5.32 Å². The van der Waals surface area contributed by atoms with Crippen LogP contribution in [-0.2, 0) is 0 Å². The molecule has 1 atom stereocenters. The fourth-order valence-corrected chi connectivity index (χ4v) is 4.14. The van der Waals surface area contributed by atoms with E-state index in [1.54, 1.807) is 6.07 Å². The average molecular weight is 396 g/mol. The average Bonchev–Trinajstić information content (AvgIpc) is 2.74. The number of alkyl halides is 2. The fraction of sp³-hybridized carbons (Fsp3) is 0.391. The number of likely N-dealkylation sites (N-methyl/N-ethyl adjacent to an activating group) is 1. The third kappa shape index (κ3) is 4.08. The van der Waals surface area contributed by atoms with Gasteiger partial charge in [0.05, 0.1) is 0 Å². The molecule has 1 N–H and O–H groups in total. The number of aryl methyl sites for hydroxylation is 1. The van der Waals surface area contributed by atoms with E-state index in [1.807, 2.05) is 37.3 Å². The van der Waals surface area contributed by atoms with Crippen molar-refractivity contribution in [1.29, 1.82) is 0 Å². The van der Waals surface area contributed by atoms with Crippen molar-refractivity contribution >= 4 is 16.6 Å². The summed E-state index contributed by atoms with van der Waals surface area (Å²) in [7, 11) is 0. The van der Waals surface area contributed by atoms with Crippen molar-refractivity contribution in [2.45, 2.75) is 39.2 Å². The molecule has 0 aliphatic carbocycles. The smallest absolute Gasteiger partial charge is 0.264 e. The number of nitrogens with zero attached hydrogens (tertiary/aromatic N) is 3. The molecular formula is C23H26F2N4. The van der Waals surface area contributed by atoms with Crippen molar-refractivity contribution in [3.8, 4) is 11.3 Å². The highest BCUT2D eigenvalue weighted by atomic mass is 19.3. The Balaban J connectivity index is 1.75. The van der Waals surface area contributed by atoms with Crippen LogP contribution >= 0.6 is 0 Å². The van der Waals surface area contributed by atoms with Crippen LogP contribution in [0.25, 0.3) is 22.0 Å². The highest BCUT2D eigenvalue weighted by Gasteiger charge is 2.22. The van der Waals surface area contributed by atoms with Gasteiger partial charge in [0.2, 0.25) is 0 Å². The van der Waals surface area contributed by atoms with E-state index in [1.165, 1.54) is 6.07 Å². The quantitative estimate of drug-likeness (QED) is 0.624. The summed E-state index contributed by atoms with van der Waals surface area (Å²) in [5, 5.41) is 14.1. The van der Waals surface area contributed by atoms with Crippen LogP contribution in [0.5, 0.6) is 0 Å². The van der Waals surface area contributed by atoms with E-state index in [2.05, 4.69) is 27.3 Å². The van der Waals surface area contributed by atoms with Gasteiger partial charge in [0.1, 0.15) is 5.69 Å². The molecule has 1 aliphatic heterocycles. The summed E-state index contributed by atoms with van der Waals surface area (Å²) in [5.74, 6) is 0.720. The van der Waals surface area contributed by atoms with Crippen LogP contribution in [0.3, 0.4) is 0 Å². The minimum atomic E-state index is -2.56. The van der Waals surface area contributed by atoms with Crippen LogP contribution in [0.1, 0.15) is 37.3 Å². The SMILES string of the molecule is CCN1CCC[C@@H](Nc2nnc(-c3ccc(C)cc3C(F)F)c3ccccc23)C1. The van der Waals surface area contributed by atoms with Gasteiger partial charge in [-0.25, -0.2) is 8.78 Å². The number of benzene rings is 2. The lowest BCUT2D eigenvalue weighted by Crippen LogP contribution is -2.42. The number of likely N-dealkylation sites (tertiary alicyclic amines) is 1. The Kier molecular flexibility index (Phi) is 5.72. The largest absolute Gasteiger partial charge is 0.364 e. The molecule has 152 valence electrons. The van der Waals surface area contributed by atoms with Crippen LogP contribution in [0.4, 0.5) is 14.6 Å². The van der Waals surface area contributed by atoms with Crippen molar-refractivity contribution in [3.63, 3.8) is 0 Å². The number of rotatable bonds is 5.